The third-order valence-electron chi connectivity index (χ3n) is 3.12. The van der Waals surface area contributed by atoms with E-state index in [0.29, 0.717) is 0 Å². The number of rotatable bonds is 3. The van der Waals surface area contributed by atoms with E-state index in [2.05, 4.69) is 5.32 Å². The maximum Gasteiger partial charge on any atom is 0.126 e. The number of hydrogen-bond donors (Lipinski definition) is 1. The van der Waals surface area contributed by atoms with Crippen LogP contribution in [-0.4, -0.2) is 12.6 Å². The summed E-state index contributed by atoms with van der Waals surface area (Å²) in [5.41, 5.74) is 2.01. The fourth-order valence-electron chi connectivity index (χ4n) is 1.83. The van der Waals surface area contributed by atoms with Crippen molar-refractivity contribution in [1.29, 1.82) is 0 Å². The van der Waals surface area contributed by atoms with Crippen LogP contribution in [0.5, 0.6) is 0 Å². The van der Waals surface area contributed by atoms with Gasteiger partial charge in [-0.3, -0.25) is 0 Å². The Morgan fingerprint density at radius 2 is 2.14 bits per heavy atom. The monoisotopic (exact) mass is 193 g/mol. The molecule has 2 rings (SSSR count). The van der Waals surface area contributed by atoms with Gasteiger partial charge in [-0.05, 0) is 50.4 Å². The molecule has 1 saturated carbocycles. The van der Waals surface area contributed by atoms with Gasteiger partial charge >= 0.3 is 0 Å². The van der Waals surface area contributed by atoms with E-state index in [1.807, 2.05) is 26.1 Å². The highest BCUT2D eigenvalue weighted by atomic mass is 19.1. The van der Waals surface area contributed by atoms with Crippen molar-refractivity contribution in [2.45, 2.75) is 31.7 Å². The first-order chi connectivity index (χ1) is 6.65. The van der Waals surface area contributed by atoms with Crippen molar-refractivity contribution in [1.82, 2.24) is 5.32 Å². The molecule has 0 saturated heterocycles. The smallest absolute Gasteiger partial charge is 0.126 e. The van der Waals surface area contributed by atoms with E-state index in [0.717, 1.165) is 30.4 Å². The Morgan fingerprint density at radius 1 is 1.43 bits per heavy atom. The molecule has 1 aliphatic carbocycles. The quantitative estimate of drug-likeness (QED) is 0.777. The van der Waals surface area contributed by atoms with Crippen LogP contribution in [0.2, 0.25) is 0 Å². The zero-order valence-electron chi connectivity index (χ0n) is 8.73. The second-order valence-corrected chi connectivity index (χ2v) is 4.30. The Hall–Kier alpha value is -0.890. The lowest BCUT2D eigenvalue weighted by Gasteiger charge is -2.14. The normalized spacial score (nSPS) is 18.2. The van der Waals surface area contributed by atoms with Crippen LogP contribution in [0.3, 0.4) is 0 Å². The summed E-state index contributed by atoms with van der Waals surface area (Å²) in [5.74, 6) is -0.0634. The van der Waals surface area contributed by atoms with E-state index in [1.54, 1.807) is 6.07 Å². The molecule has 0 bridgehead atoms. The second-order valence-electron chi connectivity index (χ2n) is 4.30. The number of hydrogen-bond acceptors (Lipinski definition) is 1. The van der Waals surface area contributed by atoms with E-state index in [-0.39, 0.29) is 11.4 Å². The third kappa shape index (κ3) is 1.80. The van der Waals surface area contributed by atoms with Crippen LogP contribution in [0, 0.1) is 12.7 Å². The van der Waals surface area contributed by atoms with E-state index < -0.39 is 0 Å². The standard InChI is InChI=1S/C12H16FN/c1-9-3-4-10(11(13)7-9)8-12(14-2)5-6-12/h3-4,7,14H,5-6,8H2,1-2H3. The van der Waals surface area contributed by atoms with Gasteiger partial charge < -0.3 is 5.32 Å². The highest BCUT2D eigenvalue weighted by Crippen LogP contribution is 2.38. The van der Waals surface area contributed by atoms with Crippen LogP contribution in [0.4, 0.5) is 4.39 Å². The molecule has 1 aliphatic rings. The molecule has 0 aliphatic heterocycles. The minimum absolute atomic E-state index is 0.0634. The van der Waals surface area contributed by atoms with Gasteiger partial charge in [-0.1, -0.05) is 12.1 Å². The molecule has 0 amide bonds. The van der Waals surface area contributed by atoms with Gasteiger partial charge in [0.05, 0.1) is 0 Å². The summed E-state index contributed by atoms with van der Waals surface area (Å²) < 4.78 is 13.5. The Morgan fingerprint density at radius 3 is 2.64 bits per heavy atom. The molecule has 1 aromatic carbocycles. The molecule has 1 fully saturated rings. The highest BCUT2D eigenvalue weighted by molar-refractivity contribution is 5.26. The molecule has 0 radical (unpaired) electrons. The summed E-state index contributed by atoms with van der Waals surface area (Å²) in [6.07, 6.45) is 3.14. The molecule has 0 atom stereocenters. The Balaban J connectivity index is 2.17. The van der Waals surface area contributed by atoms with Gasteiger partial charge in [-0.25, -0.2) is 4.39 Å². The minimum atomic E-state index is -0.0634. The van der Waals surface area contributed by atoms with Crippen molar-refractivity contribution >= 4 is 0 Å². The van der Waals surface area contributed by atoms with Crippen LogP contribution in [-0.2, 0) is 6.42 Å². The zero-order chi connectivity index (χ0) is 10.2. The van der Waals surface area contributed by atoms with Crippen molar-refractivity contribution in [3.63, 3.8) is 0 Å². The molecular weight excluding hydrogens is 177 g/mol. The van der Waals surface area contributed by atoms with E-state index in [9.17, 15) is 4.39 Å². The van der Waals surface area contributed by atoms with E-state index >= 15 is 0 Å². The topological polar surface area (TPSA) is 12.0 Å². The van der Waals surface area contributed by atoms with Crippen molar-refractivity contribution in [3.8, 4) is 0 Å². The third-order valence-corrected chi connectivity index (χ3v) is 3.12. The molecule has 1 nitrogen and oxygen atoms in total. The summed E-state index contributed by atoms with van der Waals surface area (Å²) in [6, 6.07) is 5.49. The van der Waals surface area contributed by atoms with Crippen LogP contribution in [0.25, 0.3) is 0 Å². The minimum Gasteiger partial charge on any atom is -0.314 e. The van der Waals surface area contributed by atoms with Crippen molar-refractivity contribution < 1.29 is 4.39 Å². The van der Waals surface area contributed by atoms with E-state index in [1.165, 1.54) is 0 Å². The average Bonchev–Trinajstić information content (AvgIpc) is 2.91. The Kier molecular flexibility index (Phi) is 2.31. The lowest BCUT2D eigenvalue weighted by Crippen LogP contribution is -2.29. The molecule has 0 heterocycles. The molecule has 14 heavy (non-hydrogen) atoms. The summed E-state index contributed by atoms with van der Waals surface area (Å²) in [5, 5.41) is 3.28. The number of aryl methyl sites for hydroxylation is 1. The van der Waals surface area contributed by atoms with Crippen LogP contribution < -0.4 is 5.32 Å². The number of likely N-dealkylation sites (N-methyl/N-ethyl adjacent to an activating group) is 1. The van der Waals surface area contributed by atoms with Crippen LogP contribution >= 0.6 is 0 Å². The van der Waals surface area contributed by atoms with Crippen LogP contribution in [0.15, 0.2) is 18.2 Å². The van der Waals surface area contributed by atoms with Gasteiger partial charge in [0.15, 0.2) is 0 Å². The molecular formula is C12H16FN. The molecule has 1 N–H and O–H groups in total. The molecule has 76 valence electrons. The van der Waals surface area contributed by atoms with Crippen molar-refractivity contribution in [2.75, 3.05) is 7.05 Å². The maximum atomic E-state index is 13.5. The SMILES string of the molecule is CNC1(Cc2ccc(C)cc2F)CC1. The molecule has 2 heteroatoms. The van der Waals surface area contributed by atoms with Gasteiger partial charge in [0.25, 0.3) is 0 Å². The first kappa shape index (κ1) is 9.66. The maximum absolute atomic E-state index is 13.5. The Labute approximate surface area is 84.3 Å². The lowest BCUT2D eigenvalue weighted by atomic mass is 10.0. The fourth-order valence-corrected chi connectivity index (χ4v) is 1.83. The van der Waals surface area contributed by atoms with Gasteiger partial charge in [0.1, 0.15) is 5.82 Å². The van der Waals surface area contributed by atoms with Crippen LogP contribution in [0.1, 0.15) is 24.0 Å². The van der Waals surface area contributed by atoms with Gasteiger partial charge in [0.2, 0.25) is 0 Å². The summed E-state index contributed by atoms with van der Waals surface area (Å²) in [7, 11) is 1.96. The number of nitrogens with one attached hydrogen (secondary N) is 1. The number of benzene rings is 1. The lowest BCUT2D eigenvalue weighted by molar-refractivity contribution is 0.524. The first-order valence-electron chi connectivity index (χ1n) is 5.09. The van der Waals surface area contributed by atoms with E-state index in [4.69, 9.17) is 0 Å². The molecule has 0 aromatic heterocycles. The molecule has 0 spiro atoms. The Bertz CT molecular complexity index is 342. The van der Waals surface area contributed by atoms with Gasteiger partial charge in [-0.15, -0.1) is 0 Å². The second kappa shape index (κ2) is 3.35. The molecule has 1 aromatic rings. The predicted octanol–water partition coefficient (Wildman–Crippen LogP) is 2.43. The first-order valence-corrected chi connectivity index (χ1v) is 5.09. The fraction of sp³-hybridized carbons (Fsp3) is 0.500. The summed E-state index contributed by atoms with van der Waals surface area (Å²) in [4.78, 5) is 0. The zero-order valence-corrected chi connectivity index (χ0v) is 8.73. The summed E-state index contributed by atoms with van der Waals surface area (Å²) in [6.45, 7) is 1.91. The molecule has 0 unspecified atom stereocenters. The highest BCUT2D eigenvalue weighted by Gasteiger charge is 2.41. The van der Waals surface area contributed by atoms with Crippen molar-refractivity contribution in [2.24, 2.45) is 0 Å². The van der Waals surface area contributed by atoms with Crippen molar-refractivity contribution in [3.05, 3.63) is 35.1 Å². The summed E-state index contributed by atoms with van der Waals surface area (Å²) >= 11 is 0. The predicted molar refractivity (Wildman–Crippen MR) is 55.9 cm³/mol. The largest absolute Gasteiger partial charge is 0.314 e. The average molecular weight is 193 g/mol. The van der Waals surface area contributed by atoms with Gasteiger partial charge in [0, 0.05) is 5.54 Å². The van der Waals surface area contributed by atoms with Gasteiger partial charge in [-0.2, -0.15) is 0 Å². The number of halogens is 1.